The van der Waals surface area contributed by atoms with Gasteiger partial charge in [0, 0.05) is 58.1 Å². The number of hydrogen-bond acceptors (Lipinski definition) is 4. The lowest BCUT2D eigenvalue weighted by Gasteiger charge is -2.35. The number of hydrogen-bond donors (Lipinski definition) is 0. The molecule has 0 unspecified atom stereocenters. The second-order valence-corrected chi connectivity index (χ2v) is 7.92. The molecule has 1 aromatic heterocycles. The molecule has 1 aliphatic rings. The first-order chi connectivity index (χ1) is 14.7. The average molecular weight is 404 g/mol. The van der Waals surface area contributed by atoms with Crippen molar-refractivity contribution >= 4 is 5.91 Å². The Kier molecular flexibility index (Phi) is 6.57. The average Bonchev–Trinajstić information content (AvgIpc) is 3.25. The molecular weight excluding hydrogens is 374 g/mol. The summed E-state index contributed by atoms with van der Waals surface area (Å²) in [7, 11) is 1.87. The van der Waals surface area contributed by atoms with Gasteiger partial charge < -0.3 is 4.90 Å². The highest BCUT2D eigenvalue weighted by atomic mass is 16.2. The van der Waals surface area contributed by atoms with E-state index in [2.05, 4.69) is 45.2 Å². The van der Waals surface area contributed by atoms with Gasteiger partial charge in [-0.25, -0.2) is 4.68 Å². The third-order valence-electron chi connectivity index (χ3n) is 5.58. The number of carbonyl (C=O) groups excluding carboxylic acids is 1. The van der Waals surface area contributed by atoms with Crippen molar-refractivity contribution in [2.45, 2.75) is 13.1 Å². The molecule has 1 fully saturated rings. The fourth-order valence-corrected chi connectivity index (χ4v) is 3.78. The summed E-state index contributed by atoms with van der Waals surface area (Å²) in [5, 5.41) is 4.42. The van der Waals surface area contributed by atoms with Crippen molar-refractivity contribution in [2.24, 2.45) is 0 Å². The molecule has 0 aliphatic carbocycles. The fourth-order valence-electron chi connectivity index (χ4n) is 3.78. The quantitative estimate of drug-likeness (QED) is 0.608. The van der Waals surface area contributed by atoms with Crippen LogP contribution in [0.3, 0.4) is 0 Å². The Morgan fingerprint density at radius 2 is 1.53 bits per heavy atom. The Bertz CT molecular complexity index is 932. The van der Waals surface area contributed by atoms with E-state index in [1.165, 1.54) is 5.56 Å². The third kappa shape index (κ3) is 5.34. The topological polar surface area (TPSA) is 44.6 Å². The van der Waals surface area contributed by atoms with Gasteiger partial charge in [-0.3, -0.25) is 14.6 Å². The number of carbonyl (C=O) groups is 1. The Balaban J connectivity index is 1.23. The summed E-state index contributed by atoms with van der Waals surface area (Å²) in [5.74, 6) is 0.152. The minimum absolute atomic E-state index is 0.152. The number of likely N-dealkylation sites (N-methyl/N-ethyl adjacent to an activating group) is 1. The summed E-state index contributed by atoms with van der Waals surface area (Å²) in [5.41, 5.74) is 3.39. The van der Waals surface area contributed by atoms with Crippen molar-refractivity contribution in [1.29, 1.82) is 0 Å². The smallest absolute Gasteiger partial charge is 0.236 e. The maximum Gasteiger partial charge on any atom is 0.236 e. The molecule has 6 nitrogen and oxygen atoms in total. The van der Waals surface area contributed by atoms with Gasteiger partial charge in [0.15, 0.2) is 0 Å². The van der Waals surface area contributed by atoms with Crippen LogP contribution in [0.5, 0.6) is 0 Å². The van der Waals surface area contributed by atoms with Gasteiger partial charge in [0.25, 0.3) is 0 Å². The first-order valence-corrected chi connectivity index (χ1v) is 10.5. The molecule has 6 heteroatoms. The molecule has 2 heterocycles. The molecule has 0 radical (unpaired) electrons. The number of para-hydroxylation sites is 1. The summed E-state index contributed by atoms with van der Waals surface area (Å²) in [4.78, 5) is 19.2. The summed E-state index contributed by atoms with van der Waals surface area (Å²) in [6.45, 7) is 5.87. The van der Waals surface area contributed by atoms with Gasteiger partial charge in [-0.2, -0.15) is 5.10 Å². The van der Waals surface area contributed by atoms with Crippen LogP contribution in [0.4, 0.5) is 0 Å². The highest BCUT2D eigenvalue weighted by Gasteiger charge is 2.20. The summed E-state index contributed by atoms with van der Waals surface area (Å²) in [6, 6.07) is 20.6. The van der Waals surface area contributed by atoms with Gasteiger partial charge in [-0.1, -0.05) is 48.5 Å². The minimum Gasteiger partial charge on any atom is -0.340 e. The summed E-state index contributed by atoms with van der Waals surface area (Å²) in [6.07, 6.45) is 3.82. The Morgan fingerprint density at radius 3 is 2.23 bits per heavy atom. The van der Waals surface area contributed by atoms with Crippen molar-refractivity contribution in [1.82, 2.24) is 24.5 Å². The molecule has 0 atom stereocenters. The molecular formula is C24H29N5O. The van der Waals surface area contributed by atoms with Crippen LogP contribution in [0.15, 0.2) is 73.1 Å². The van der Waals surface area contributed by atoms with Crippen molar-refractivity contribution in [3.8, 4) is 5.69 Å². The van der Waals surface area contributed by atoms with Gasteiger partial charge >= 0.3 is 0 Å². The molecule has 156 valence electrons. The second kappa shape index (κ2) is 9.69. The number of benzene rings is 2. The molecule has 1 saturated heterocycles. The van der Waals surface area contributed by atoms with E-state index in [1.807, 2.05) is 54.5 Å². The molecule has 2 aromatic carbocycles. The lowest BCUT2D eigenvalue weighted by Crippen LogP contribution is -2.49. The van der Waals surface area contributed by atoms with E-state index in [0.29, 0.717) is 13.1 Å². The normalized spacial score (nSPS) is 15.2. The van der Waals surface area contributed by atoms with Crippen molar-refractivity contribution < 1.29 is 4.79 Å². The molecule has 0 spiro atoms. The zero-order chi connectivity index (χ0) is 20.8. The first-order valence-electron chi connectivity index (χ1n) is 10.5. The number of nitrogens with zero attached hydrogens (tertiary/aromatic N) is 5. The van der Waals surface area contributed by atoms with E-state index in [4.69, 9.17) is 0 Å². The van der Waals surface area contributed by atoms with Crippen molar-refractivity contribution in [3.63, 3.8) is 0 Å². The van der Waals surface area contributed by atoms with E-state index in [0.717, 1.165) is 44.0 Å². The van der Waals surface area contributed by atoms with E-state index in [-0.39, 0.29) is 5.91 Å². The largest absolute Gasteiger partial charge is 0.340 e. The van der Waals surface area contributed by atoms with Crippen molar-refractivity contribution in [2.75, 3.05) is 39.8 Å². The Labute approximate surface area is 178 Å². The predicted molar refractivity (Wildman–Crippen MR) is 118 cm³/mol. The number of amides is 1. The van der Waals surface area contributed by atoms with Crippen molar-refractivity contribution in [3.05, 3.63) is 84.2 Å². The van der Waals surface area contributed by atoms with E-state index < -0.39 is 0 Å². The maximum atomic E-state index is 12.7. The lowest BCUT2D eigenvalue weighted by molar-refractivity contribution is -0.132. The highest BCUT2D eigenvalue weighted by molar-refractivity contribution is 5.78. The van der Waals surface area contributed by atoms with Gasteiger partial charge in [-0.15, -0.1) is 0 Å². The zero-order valence-corrected chi connectivity index (χ0v) is 17.5. The highest BCUT2D eigenvalue weighted by Crippen LogP contribution is 2.11. The van der Waals surface area contributed by atoms with Crippen LogP contribution < -0.4 is 0 Å². The molecule has 1 amide bonds. The molecule has 0 N–H and O–H groups in total. The molecule has 0 bridgehead atoms. The number of piperazine rings is 1. The van der Waals surface area contributed by atoms with Crippen LogP contribution in [0.25, 0.3) is 5.69 Å². The molecule has 1 aliphatic heterocycles. The monoisotopic (exact) mass is 403 g/mol. The molecule has 4 rings (SSSR count). The first kappa shape index (κ1) is 20.3. The van der Waals surface area contributed by atoms with Gasteiger partial charge in [0.1, 0.15) is 0 Å². The van der Waals surface area contributed by atoms with Crippen LogP contribution in [-0.4, -0.2) is 70.2 Å². The Hall–Kier alpha value is -2.96. The number of rotatable bonds is 7. The van der Waals surface area contributed by atoms with Crippen LogP contribution in [0.1, 0.15) is 11.1 Å². The van der Waals surface area contributed by atoms with Crippen LogP contribution in [0, 0.1) is 0 Å². The summed E-state index contributed by atoms with van der Waals surface area (Å²) >= 11 is 0. The third-order valence-corrected chi connectivity index (χ3v) is 5.58. The summed E-state index contributed by atoms with van der Waals surface area (Å²) < 4.78 is 1.85. The van der Waals surface area contributed by atoms with Gasteiger partial charge in [0.05, 0.1) is 18.4 Å². The van der Waals surface area contributed by atoms with Crippen LogP contribution >= 0.6 is 0 Å². The van der Waals surface area contributed by atoms with Crippen LogP contribution in [0.2, 0.25) is 0 Å². The molecule has 0 saturated carbocycles. The van der Waals surface area contributed by atoms with E-state index in [9.17, 15) is 4.79 Å². The number of aromatic nitrogens is 2. The second-order valence-electron chi connectivity index (χ2n) is 7.92. The Morgan fingerprint density at radius 1 is 0.900 bits per heavy atom. The van der Waals surface area contributed by atoms with Crippen LogP contribution in [-0.2, 0) is 17.9 Å². The maximum absolute atomic E-state index is 12.7. The van der Waals surface area contributed by atoms with E-state index >= 15 is 0 Å². The fraction of sp³-hybridized carbons (Fsp3) is 0.333. The standard InChI is InChI=1S/C24H29N5O/c1-26(17-22-16-25-29(19-22)23-10-6-3-7-11-23)24(30)20-28-14-12-27(13-15-28)18-21-8-4-2-5-9-21/h2-11,16,19H,12-15,17-18,20H2,1H3. The minimum atomic E-state index is 0.152. The molecule has 3 aromatic rings. The SMILES string of the molecule is CN(Cc1cnn(-c2ccccc2)c1)C(=O)CN1CCN(Cc2ccccc2)CC1. The van der Waals surface area contributed by atoms with Gasteiger partial charge in [0.2, 0.25) is 5.91 Å². The molecule has 30 heavy (non-hydrogen) atoms. The van der Waals surface area contributed by atoms with E-state index in [1.54, 1.807) is 4.90 Å². The lowest BCUT2D eigenvalue weighted by atomic mass is 10.2. The zero-order valence-electron chi connectivity index (χ0n) is 17.5. The predicted octanol–water partition coefficient (Wildman–Crippen LogP) is 2.65. The van der Waals surface area contributed by atoms with Gasteiger partial charge in [-0.05, 0) is 17.7 Å².